The fourth-order valence-corrected chi connectivity index (χ4v) is 2.12. The quantitative estimate of drug-likeness (QED) is 0.921. The zero-order valence-electron chi connectivity index (χ0n) is 9.78. The number of nitrogens with two attached hydrogens (primary N) is 1. The average Bonchev–Trinajstić information content (AvgIpc) is 2.37. The number of ether oxygens (including phenoxy) is 1. The van der Waals surface area contributed by atoms with E-state index in [1.807, 2.05) is 12.1 Å². The molecule has 2 aromatic rings. The summed E-state index contributed by atoms with van der Waals surface area (Å²) in [5.41, 5.74) is 0.777. The summed E-state index contributed by atoms with van der Waals surface area (Å²) in [5, 5.41) is 5.00. The highest BCUT2D eigenvalue weighted by atomic mass is 79.9. The number of hydrogen-bond acceptors (Lipinski definition) is 4. The smallest absolute Gasteiger partial charge is 0.238 e. The molecular formula is C12H11BrN2O3S. The molecule has 1 aromatic heterocycles. The molecule has 0 unspecified atom stereocenters. The minimum atomic E-state index is -3.66. The topological polar surface area (TPSA) is 82.3 Å². The third-order valence-corrected chi connectivity index (χ3v) is 3.73. The molecule has 1 heterocycles. The Balaban J connectivity index is 2.02. The van der Waals surface area contributed by atoms with Crippen LogP contribution in [0, 0.1) is 0 Å². The van der Waals surface area contributed by atoms with Gasteiger partial charge in [0.25, 0.3) is 0 Å². The Morgan fingerprint density at radius 2 is 1.84 bits per heavy atom. The third kappa shape index (κ3) is 4.02. The number of hydrogen-bond donors (Lipinski definition) is 1. The van der Waals surface area contributed by atoms with Gasteiger partial charge in [-0.3, -0.25) is 4.98 Å². The van der Waals surface area contributed by atoms with Gasteiger partial charge in [-0.25, -0.2) is 13.6 Å². The van der Waals surface area contributed by atoms with E-state index in [0.29, 0.717) is 12.4 Å². The van der Waals surface area contributed by atoms with Crippen molar-refractivity contribution < 1.29 is 13.2 Å². The first-order valence-electron chi connectivity index (χ1n) is 5.31. The van der Waals surface area contributed by atoms with Crippen molar-refractivity contribution in [2.45, 2.75) is 11.5 Å². The molecule has 2 rings (SSSR count). The molecule has 19 heavy (non-hydrogen) atoms. The maximum atomic E-state index is 11.1. The van der Waals surface area contributed by atoms with Gasteiger partial charge in [-0.05, 0) is 52.3 Å². The lowest BCUT2D eigenvalue weighted by Crippen LogP contribution is -2.11. The van der Waals surface area contributed by atoms with E-state index >= 15 is 0 Å². The molecule has 0 saturated carbocycles. The number of sulfonamides is 1. The first-order chi connectivity index (χ1) is 8.95. The third-order valence-electron chi connectivity index (χ3n) is 2.33. The summed E-state index contributed by atoms with van der Waals surface area (Å²) in [6.45, 7) is 0.308. The first-order valence-corrected chi connectivity index (χ1v) is 7.65. The summed E-state index contributed by atoms with van der Waals surface area (Å²) >= 11 is 3.30. The van der Waals surface area contributed by atoms with Crippen LogP contribution in [0.3, 0.4) is 0 Å². The van der Waals surface area contributed by atoms with Crippen molar-refractivity contribution in [1.29, 1.82) is 0 Å². The molecule has 0 aliphatic heterocycles. The Labute approximate surface area is 119 Å². The van der Waals surface area contributed by atoms with Crippen molar-refractivity contribution >= 4 is 26.0 Å². The Kier molecular flexibility index (Phi) is 4.18. The molecule has 2 N–H and O–H groups in total. The molecule has 100 valence electrons. The van der Waals surface area contributed by atoms with Gasteiger partial charge in [0.15, 0.2) is 0 Å². The van der Waals surface area contributed by atoms with E-state index < -0.39 is 10.0 Å². The Morgan fingerprint density at radius 3 is 2.37 bits per heavy atom. The molecule has 1 aromatic carbocycles. The highest BCUT2D eigenvalue weighted by Crippen LogP contribution is 2.16. The monoisotopic (exact) mass is 342 g/mol. The summed E-state index contributed by atoms with van der Waals surface area (Å²) in [7, 11) is -3.66. The highest BCUT2D eigenvalue weighted by molar-refractivity contribution is 9.10. The van der Waals surface area contributed by atoms with Gasteiger partial charge >= 0.3 is 0 Å². The predicted molar refractivity (Wildman–Crippen MR) is 74.1 cm³/mol. The number of pyridine rings is 1. The van der Waals surface area contributed by atoms with E-state index in [0.717, 1.165) is 10.2 Å². The second-order valence-corrected chi connectivity index (χ2v) is 6.25. The van der Waals surface area contributed by atoms with Crippen LogP contribution in [0.15, 0.2) is 52.0 Å². The summed E-state index contributed by atoms with van der Waals surface area (Å²) in [5.74, 6) is 0.553. The summed E-state index contributed by atoms with van der Waals surface area (Å²) in [4.78, 5) is 4.22. The van der Waals surface area contributed by atoms with Crippen LogP contribution in [-0.2, 0) is 16.6 Å². The van der Waals surface area contributed by atoms with Crippen molar-refractivity contribution in [3.8, 4) is 5.75 Å². The molecule has 0 aliphatic rings. The SMILES string of the molecule is NS(=O)(=O)c1ccc(OCc2ccc(Br)cn2)cc1. The second-order valence-electron chi connectivity index (χ2n) is 3.77. The van der Waals surface area contributed by atoms with Crippen molar-refractivity contribution in [1.82, 2.24) is 4.98 Å². The van der Waals surface area contributed by atoms with Crippen LogP contribution in [0.4, 0.5) is 0 Å². The zero-order valence-corrected chi connectivity index (χ0v) is 12.2. The number of halogens is 1. The molecule has 0 saturated heterocycles. The van der Waals surface area contributed by atoms with E-state index in [1.165, 1.54) is 12.1 Å². The standard InChI is InChI=1S/C12H11BrN2O3S/c13-9-1-2-10(15-7-9)8-18-11-3-5-12(6-4-11)19(14,16)17/h1-7H,8H2,(H2,14,16,17). The number of rotatable bonds is 4. The van der Waals surface area contributed by atoms with Gasteiger partial charge in [-0.2, -0.15) is 0 Å². The van der Waals surface area contributed by atoms with E-state index in [-0.39, 0.29) is 4.90 Å². The number of primary sulfonamides is 1. The molecule has 0 atom stereocenters. The Bertz CT molecular complexity index is 654. The summed E-state index contributed by atoms with van der Waals surface area (Å²) < 4.78 is 28.5. The second kappa shape index (κ2) is 5.68. The van der Waals surface area contributed by atoms with Crippen molar-refractivity contribution in [2.75, 3.05) is 0 Å². The van der Waals surface area contributed by atoms with Gasteiger partial charge in [0, 0.05) is 10.7 Å². The molecule has 0 radical (unpaired) electrons. The van der Waals surface area contributed by atoms with Gasteiger partial charge < -0.3 is 4.74 Å². The van der Waals surface area contributed by atoms with Crippen LogP contribution in [0.1, 0.15) is 5.69 Å². The lowest BCUT2D eigenvalue weighted by atomic mass is 10.3. The van der Waals surface area contributed by atoms with Crippen LogP contribution < -0.4 is 9.88 Å². The summed E-state index contributed by atoms with van der Waals surface area (Å²) in [6.07, 6.45) is 1.68. The zero-order chi connectivity index (χ0) is 13.9. The van der Waals surface area contributed by atoms with Gasteiger partial charge in [0.05, 0.1) is 10.6 Å². The number of benzene rings is 1. The Morgan fingerprint density at radius 1 is 1.16 bits per heavy atom. The summed E-state index contributed by atoms with van der Waals surface area (Å²) in [6, 6.07) is 9.62. The van der Waals surface area contributed by atoms with Crippen molar-refractivity contribution in [3.63, 3.8) is 0 Å². The van der Waals surface area contributed by atoms with E-state index in [1.54, 1.807) is 18.3 Å². The maximum Gasteiger partial charge on any atom is 0.238 e. The van der Waals surface area contributed by atoms with Crippen LogP contribution in [0.5, 0.6) is 5.75 Å². The Hall–Kier alpha value is -1.44. The van der Waals surface area contributed by atoms with Crippen molar-refractivity contribution in [3.05, 3.63) is 52.8 Å². The maximum absolute atomic E-state index is 11.1. The molecule has 0 fully saturated rings. The number of aromatic nitrogens is 1. The van der Waals surface area contributed by atoms with Crippen LogP contribution in [-0.4, -0.2) is 13.4 Å². The first kappa shape index (κ1) is 14.0. The highest BCUT2D eigenvalue weighted by Gasteiger charge is 2.07. The van der Waals surface area contributed by atoms with Crippen molar-refractivity contribution in [2.24, 2.45) is 5.14 Å². The van der Waals surface area contributed by atoms with Gasteiger partial charge in [0.1, 0.15) is 12.4 Å². The van der Waals surface area contributed by atoms with E-state index in [9.17, 15) is 8.42 Å². The van der Waals surface area contributed by atoms with Gasteiger partial charge in [0.2, 0.25) is 10.0 Å². The van der Waals surface area contributed by atoms with Crippen LogP contribution in [0.25, 0.3) is 0 Å². The molecule has 5 nitrogen and oxygen atoms in total. The molecule has 0 bridgehead atoms. The fraction of sp³-hybridized carbons (Fsp3) is 0.0833. The molecular weight excluding hydrogens is 332 g/mol. The molecule has 7 heteroatoms. The minimum absolute atomic E-state index is 0.0571. The fourth-order valence-electron chi connectivity index (χ4n) is 1.37. The molecule has 0 amide bonds. The molecule has 0 spiro atoms. The normalized spacial score (nSPS) is 11.3. The largest absolute Gasteiger partial charge is 0.487 e. The lowest BCUT2D eigenvalue weighted by Gasteiger charge is -2.06. The predicted octanol–water partition coefficient (Wildman–Crippen LogP) is 2.07. The average molecular weight is 343 g/mol. The van der Waals surface area contributed by atoms with Crippen LogP contribution in [0.2, 0.25) is 0 Å². The van der Waals surface area contributed by atoms with Gasteiger partial charge in [-0.1, -0.05) is 0 Å². The minimum Gasteiger partial charge on any atom is -0.487 e. The van der Waals surface area contributed by atoms with Crippen LogP contribution >= 0.6 is 15.9 Å². The van der Waals surface area contributed by atoms with E-state index in [4.69, 9.17) is 9.88 Å². The van der Waals surface area contributed by atoms with Gasteiger partial charge in [-0.15, -0.1) is 0 Å². The lowest BCUT2D eigenvalue weighted by molar-refractivity contribution is 0.301. The number of nitrogens with zero attached hydrogens (tertiary/aromatic N) is 1. The van der Waals surface area contributed by atoms with E-state index in [2.05, 4.69) is 20.9 Å². The molecule has 0 aliphatic carbocycles.